The minimum Gasteiger partial charge on any atom is -0.389 e. The fraction of sp³-hybridized carbons (Fsp3) is 0.562. The molecule has 232 valence electrons. The Kier molecular flexibility index (Phi) is 13.3. The number of benzene rings is 2. The Morgan fingerprint density at radius 1 is 1.05 bits per heavy atom. The van der Waals surface area contributed by atoms with Gasteiger partial charge in [0.1, 0.15) is 11.6 Å². The van der Waals surface area contributed by atoms with E-state index in [1.54, 1.807) is 30.2 Å². The summed E-state index contributed by atoms with van der Waals surface area (Å²) in [6.07, 6.45) is 1.67. The van der Waals surface area contributed by atoms with E-state index in [1.165, 1.54) is 12.1 Å². The zero-order valence-electron chi connectivity index (χ0n) is 25.1. The molecule has 42 heavy (non-hydrogen) atoms. The Morgan fingerprint density at radius 3 is 2.36 bits per heavy atom. The molecule has 10 heteroatoms. The number of hydrogen-bond acceptors (Lipinski definition) is 6. The summed E-state index contributed by atoms with van der Waals surface area (Å²) in [6.45, 7) is 8.55. The fourth-order valence-corrected chi connectivity index (χ4v) is 5.47. The van der Waals surface area contributed by atoms with E-state index >= 15 is 0 Å². The molecule has 3 N–H and O–H groups in total. The van der Waals surface area contributed by atoms with Crippen molar-refractivity contribution in [2.45, 2.75) is 77.2 Å². The Hall–Kier alpha value is -2.92. The number of aliphatic hydroxyl groups is 1. The molecule has 0 bridgehead atoms. The molecule has 1 saturated heterocycles. The molecule has 1 aliphatic rings. The van der Waals surface area contributed by atoms with Gasteiger partial charge in [-0.15, -0.1) is 0 Å². The number of hydrogen-bond donors (Lipinski definition) is 3. The van der Waals surface area contributed by atoms with Gasteiger partial charge in [-0.2, -0.15) is 0 Å². The molecule has 0 spiro atoms. The van der Waals surface area contributed by atoms with Crippen LogP contribution >= 0.6 is 0 Å². The van der Waals surface area contributed by atoms with Crippen LogP contribution in [0.2, 0.25) is 0 Å². The number of piperidine rings is 1. The number of rotatable bonds is 15. The summed E-state index contributed by atoms with van der Waals surface area (Å²) < 4.78 is 39.0. The lowest BCUT2D eigenvalue weighted by Crippen LogP contribution is -2.57. The van der Waals surface area contributed by atoms with Gasteiger partial charge in [0.05, 0.1) is 31.5 Å². The summed E-state index contributed by atoms with van der Waals surface area (Å²) >= 11 is 0. The summed E-state index contributed by atoms with van der Waals surface area (Å²) in [5.41, 5.74) is 1.73. The normalized spacial score (nSPS) is 18.4. The van der Waals surface area contributed by atoms with Crippen LogP contribution in [-0.2, 0) is 15.9 Å². The van der Waals surface area contributed by atoms with Crippen molar-refractivity contribution in [1.29, 1.82) is 0 Å². The van der Waals surface area contributed by atoms with Crippen molar-refractivity contribution in [3.63, 3.8) is 0 Å². The highest BCUT2D eigenvalue weighted by Crippen LogP contribution is 2.21. The smallest absolute Gasteiger partial charge is 0.253 e. The molecule has 0 aromatic heterocycles. The first-order valence-electron chi connectivity index (χ1n) is 14.8. The molecular weight excluding hydrogens is 544 g/mol. The average Bonchev–Trinajstić information content (AvgIpc) is 2.95. The highest BCUT2D eigenvalue weighted by Gasteiger charge is 2.34. The monoisotopic (exact) mass is 589 g/mol. The van der Waals surface area contributed by atoms with Crippen LogP contribution in [0.25, 0.3) is 0 Å². The van der Waals surface area contributed by atoms with E-state index in [0.29, 0.717) is 50.4 Å². The number of carbonyl (C=O) groups excluding carboxylic acids is 2. The van der Waals surface area contributed by atoms with E-state index in [-0.39, 0.29) is 24.0 Å². The number of halogens is 2. The number of nitrogens with one attached hydrogen (secondary N) is 2. The molecule has 1 heterocycles. The average molecular weight is 590 g/mol. The third kappa shape index (κ3) is 9.83. The molecule has 0 radical (unpaired) electrons. The van der Waals surface area contributed by atoms with Crippen molar-refractivity contribution in [3.8, 4) is 0 Å². The zero-order chi connectivity index (χ0) is 30.6. The molecular formula is C32H45F2N3O5. The number of ether oxygens (including phenoxy) is 2. The van der Waals surface area contributed by atoms with Gasteiger partial charge in [0.25, 0.3) is 11.8 Å². The lowest BCUT2D eigenvalue weighted by atomic mass is 9.90. The van der Waals surface area contributed by atoms with Crippen LogP contribution < -0.4 is 10.6 Å². The van der Waals surface area contributed by atoms with Crippen molar-refractivity contribution >= 4 is 11.8 Å². The highest BCUT2D eigenvalue weighted by molar-refractivity contribution is 6.00. The van der Waals surface area contributed by atoms with E-state index < -0.39 is 35.7 Å². The van der Waals surface area contributed by atoms with Crippen molar-refractivity contribution < 1.29 is 33.0 Å². The van der Waals surface area contributed by atoms with E-state index in [4.69, 9.17) is 9.47 Å². The summed E-state index contributed by atoms with van der Waals surface area (Å²) in [5.74, 6) is -2.11. The fourth-order valence-electron chi connectivity index (χ4n) is 5.47. The van der Waals surface area contributed by atoms with Crippen LogP contribution in [0.1, 0.15) is 71.4 Å². The van der Waals surface area contributed by atoms with Gasteiger partial charge in [-0.1, -0.05) is 13.8 Å². The van der Waals surface area contributed by atoms with Crippen LogP contribution in [0.4, 0.5) is 8.78 Å². The van der Waals surface area contributed by atoms with Crippen LogP contribution in [0, 0.1) is 18.6 Å². The molecule has 0 saturated carbocycles. The van der Waals surface area contributed by atoms with Gasteiger partial charge in [0.15, 0.2) is 0 Å². The molecule has 3 rings (SSSR count). The first kappa shape index (κ1) is 33.6. The second kappa shape index (κ2) is 16.6. The third-order valence-electron chi connectivity index (χ3n) is 7.41. The highest BCUT2D eigenvalue weighted by atomic mass is 19.1. The van der Waals surface area contributed by atoms with Gasteiger partial charge < -0.3 is 30.1 Å². The minimum atomic E-state index is -1.09. The van der Waals surface area contributed by atoms with Crippen molar-refractivity contribution in [1.82, 2.24) is 15.5 Å². The molecule has 2 amide bonds. The lowest BCUT2D eigenvalue weighted by Gasteiger charge is -2.37. The third-order valence-corrected chi connectivity index (χ3v) is 7.41. The van der Waals surface area contributed by atoms with Gasteiger partial charge in [-0.05, 0) is 87.0 Å². The first-order valence-corrected chi connectivity index (χ1v) is 14.8. The molecule has 4 atom stereocenters. The number of nitrogens with zero attached hydrogens (tertiary/aromatic N) is 1. The van der Waals surface area contributed by atoms with E-state index in [2.05, 4.69) is 10.6 Å². The number of carbonyl (C=O) groups is 2. The van der Waals surface area contributed by atoms with Gasteiger partial charge in [-0.25, -0.2) is 8.78 Å². The van der Waals surface area contributed by atoms with Crippen molar-refractivity contribution in [2.24, 2.45) is 0 Å². The van der Waals surface area contributed by atoms with E-state index in [0.717, 1.165) is 30.9 Å². The van der Waals surface area contributed by atoms with E-state index in [1.807, 2.05) is 20.8 Å². The van der Waals surface area contributed by atoms with Crippen LogP contribution in [-0.4, -0.2) is 86.1 Å². The standard InChI is InChI=1S/C32H45F2N3O5/c1-5-9-37(10-6-2)32(40)24-14-21(3)13-23(18-24)31(39)36-29(17-22-15-25(33)19-26(34)16-22)30(38)28-20-27(7-8-35-28)42-12-11-41-4/h13-16,18-19,27-30,35,38H,5-12,17,20H2,1-4H3,(H,36,39)/t27-,28+,29-,30+/m0/s1. The second-order valence-corrected chi connectivity index (χ2v) is 11.0. The summed E-state index contributed by atoms with van der Waals surface area (Å²) in [6, 6.07) is 6.86. The molecule has 0 unspecified atom stereocenters. The second-order valence-electron chi connectivity index (χ2n) is 11.0. The molecule has 8 nitrogen and oxygen atoms in total. The lowest BCUT2D eigenvalue weighted by molar-refractivity contribution is -0.0239. The van der Waals surface area contributed by atoms with Gasteiger partial charge in [-0.3, -0.25) is 9.59 Å². The summed E-state index contributed by atoms with van der Waals surface area (Å²) in [7, 11) is 1.60. The number of aryl methyl sites for hydroxylation is 1. The topological polar surface area (TPSA) is 100 Å². The Morgan fingerprint density at radius 2 is 1.71 bits per heavy atom. The van der Waals surface area contributed by atoms with Crippen LogP contribution in [0.15, 0.2) is 36.4 Å². The predicted molar refractivity (Wildman–Crippen MR) is 158 cm³/mol. The number of methoxy groups -OCH3 is 1. The predicted octanol–water partition coefficient (Wildman–Crippen LogP) is 4.02. The minimum absolute atomic E-state index is 0.00660. The van der Waals surface area contributed by atoms with Gasteiger partial charge >= 0.3 is 0 Å². The zero-order valence-corrected chi connectivity index (χ0v) is 25.1. The largest absolute Gasteiger partial charge is 0.389 e. The quantitative estimate of drug-likeness (QED) is 0.272. The van der Waals surface area contributed by atoms with Crippen LogP contribution in [0.3, 0.4) is 0 Å². The Labute approximate surface area is 247 Å². The summed E-state index contributed by atoms with van der Waals surface area (Å²) in [4.78, 5) is 28.7. The van der Waals surface area contributed by atoms with Crippen molar-refractivity contribution in [3.05, 3.63) is 70.3 Å². The van der Waals surface area contributed by atoms with Gasteiger partial charge in [0, 0.05) is 43.4 Å². The number of aliphatic hydroxyl groups excluding tert-OH is 1. The maximum atomic E-state index is 14.0. The van der Waals surface area contributed by atoms with Crippen LogP contribution in [0.5, 0.6) is 0 Å². The number of amides is 2. The molecule has 1 aliphatic heterocycles. The van der Waals surface area contributed by atoms with Gasteiger partial charge in [0.2, 0.25) is 0 Å². The van der Waals surface area contributed by atoms with Crippen molar-refractivity contribution in [2.75, 3.05) is 40.0 Å². The first-order chi connectivity index (χ1) is 20.1. The molecule has 2 aromatic rings. The molecule has 0 aliphatic carbocycles. The Bertz CT molecular complexity index is 1150. The SMILES string of the molecule is CCCN(CCC)C(=O)c1cc(C)cc(C(=O)N[C@@H](Cc2cc(F)cc(F)c2)[C@H](O)[C@H]2C[C@@H](OCCOC)CCN2)c1. The summed E-state index contributed by atoms with van der Waals surface area (Å²) in [5, 5.41) is 17.7. The Balaban J connectivity index is 1.85. The van der Waals surface area contributed by atoms with E-state index in [9.17, 15) is 23.5 Å². The maximum absolute atomic E-state index is 14.0. The maximum Gasteiger partial charge on any atom is 0.253 e. The molecule has 2 aromatic carbocycles. The molecule has 1 fully saturated rings.